The van der Waals surface area contributed by atoms with E-state index in [2.05, 4.69) is 26.3 Å². The van der Waals surface area contributed by atoms with Crippen LogP contribution in [0, 0.1) is 0 Å². The summed E-state index contributed by atoms with van der Waals surface area (Å²) in [5.41, 5.74) is -0.874. The highest BCUT2D eigenvalue weighted by molar-refractivity contribution is 7.16. The third kappa shape index (κ3) is 5.92. The van der Waals surface area contributed by atoms with Gasteiger partial charge in [-0.2, -0.15) is 13.2 Å². The van der Waals surface area contributed by atoms with Gasteiger partial charge in [0.1, 0.15) is 0 Å². The van der Waals surface area contributed by atoms with Gasteiger partial charge in [-0.05, 0) is 38.8 Å². The Kier molecular flexibility index (Phi) is 7.54. The van der Waals surface area contributed by atoms with E-state index in [9.17, 15) is 18.0 Å². The number of nitrogens with one attached hydrogen (secondary N) is 1. The lowest BCUT2D eigenvalue weighted by Gasteiger charge is -2.45. The molecule has 2 amide bonds. The van der Waals surface area contributed by atoms with E-state index in [1.54, 1.807) is 11.3 Å². The minimum Gasteiger partial charge on any atom is -0.337 e. The van der Waals surface area contributed by atoms with Gasteiger partial charge in [0.2, 0.25) is 5.95 Å². The Balaban J connectivity index is 1.28. The molecule has 0 saturated carbocycles. The lowest BCUT2D eigenvalue weighted by Crippen LogP contribution is -2.62. The molecule has 0 spiro atoms. The Labute approximate surface area is 205 Å². The van der Waals surface area contributed by atoms with Gasteiger partial charge < -0.3 is 15.1 Å². The summed E-state index contributed by atoms with van der Waals surface area (Å²) in [6.07, 6.45) is -1.10. The predicted octanol–water partition coefficient (Wildman–Crippen LogP) is 4.48. The van der Waals surface area contributed by atoms with Crippen LogP contribution in [0.15, 0.2) is 24.5 Å². The van der Waals surface area contributed by atoms with E-state index in [0.29, 0.717) is 13.1 Å². The van der Waals surface area contributed by atoms with Gasteiger partial charge in [0.15, 0.2) is 0 Å². The largest absolute Gasteiger partial charge is 0.419 e. The van der Waals surface area contributed by atoms with Crippen molar-refractivity contribution < 1.29 is 18.0 Å². The predicted molar refractivity (Wildman–Crippen MR) is 126 cm³/mol. The molecular weight excluding hydrogens is 489 g/mol. The molecule has 186 valence electrons. The number of amides is 2. The minimum atomic E-state index is -4.47. The van der Waals surface area contributed by atoms with Crippen molar-refractivity contribution in [2.45, 2.75) is 57.5 Å². The van der Waals surface area contributed by atoms with E-state index in [1.807, 2.05) is 29.7 Å². The monoisotopic (exact) mass is 516 g/mol. The van der Waals surface area contributed by atoms with Crippen LogP contribution in [-0.4, -0.2) is 70.1 Å². The Morgan fingerprint density at radius 3 is 2.29 bits per heavy atom. The maximum Gasteiger partial charge on any atom is 0.419 e. The van der Waals surface area contributed by atoms with Crippen molar-refractivity contribution in [2.24, 2.45) is 0 Å². The molecule has 34 heavy (non-hydrogen) atoms. The molecule has 4 heterocycles. The van der Waals surface area contributed by atoms with Gasteiger partial charge in [-0.25, -0.2) is 14.8 Å². The van der Waals surface area contributed by atoms with Gasteiger partial charge >= 0.3 is 12.2 Å². The molecule has 2 aromatic heterocycles. The lowest BCUT2D eigenvalue weighted by molar-refractivity contribution is -0.138. The van der Waals surface area contributed by atoms with E-state index in [0.717, 1.165) is 49.2 Å². The number of hydrogen-bond acceptors (Lipinski definition) is 6. The third-order valence-electron chi connectivity index (χ3n) is 6.33. The van der Waals surface area contributed by atoms with Crippen molar-refractivity contribution >= 4 is 34.9 Å². The maximum absolute atomic E-state index is 13.1. The fourth-order valence-corrected chi connectivity index (χ4v) is 5.79. The summed E-state index contributed by atoms with van der Waals surface area (Å²) in [4.78, 5) is 28.1. The summed E-state index contributed by atoms with van der Waals surface area (Å²) >= 11 is 7.62. The number of halogens is 4. The molecule has 1 N–H and O–H groups in total. The van der Waals surface area contributed by atoms with Crippen molar-refractivity contribution in [1.82, 2.24) is 25.1 Å². The van der Waals surface area contributed by atoms with Crippen LogP contribution >= 0.6 is 22.9 Å². The number of carbonyl (C=O) groups is 1. The first-order valence-electron chi connectivity index (χ1n) is 11.3. The number of alkyl halides is 3. The quantitative estimate of drug-likeness (QED) is 0.649. The van der Waals surface area contributed by atoms with Gasteiger partial charge in [-0.15, -0.1) is 11.3 Å². The van der Waals surface area contributed by atoms with Gasteiger partial charge in [-0.3, -0.25) is 4.90 Å². The lowest BCUT2D eigenvalue weighted by atomic mass is 10.0. The number of rotatable bonds is 4. The molecule has 0 bridgehead atoms. The Morgan fingerprint density at radius 1 is 1.15 bits per heavy atom. The van der Waals surface area contributed by atoms with E-state index in [-0.39, 0.29) is 30.1 Å². The van der Waals surface area contributed by atoms with Crippen molar-refractivity contribution in [3.63, 3.8) is 0 Å². The average Bonchev–Trinajstić information content (AvgIpc) is 3.18. The van der Waals surface area contributed by atoms with E-state index >= 15 is 0 Å². The Hall–Kier alpha value is -2.11. The first kappa shape index (κ1) is 25.0. The summed E-state index contributed by atoms with van der Waals surface area (Å²) in [6.45, 7) is 7.45. The molecule has 2 saturated heterocycles. The number of piperazine rings is 1. The van der Waals surface area contributed by atoms with Gasteiger partial charge in [0.05, 0.1) is 9.90 Å². The van der Waals surface area contributed by atoms with Gasteiger partial charge in [0.25, 0.3) is 0 Å². The van der Waals surface area contributed by atoms with Crippen LogP contribution in [-0.2, 0) is 12.7 Å². The van der Waals surface area contributed by atoms with E-state index < -0.39 is 11.7 Å². The second-order valence-corrected chi connectivity index (χ2v) is 10.8. The van der Waals surface area contributed by atoms with Crippen LogP contribution in [0.3, 0.4) is 0 Å². The average molecular weight is 517 g/mol. The normalized spacial score (nSPS) is 22.8. The first-order valence-corrected chi connectivity index (χ1v) is 12.5. The molecule has 2 aliphatic heterocycles. The minimum absolute atomic E-state index is 0.100. The summed E-state index contributed by atoms with van der Waals surface area (Å²) in [5, 5.41) is 3.18. The fraction of sp³-hybridized carbons (Fsp3) is 0.591. The Morgan fingerprint density at radius 2 is 1.76 bits per heavy atom. The molecule has 4 rings (SSSR count). The molecule has 7 nitrogen and oxygen atoms in total. The molecule has 2 atom stereocenters. The molecule has 2 fully saturated rings. The fourth-order valence-electron chi connectivity index (χ4n) is 4.66. The van der Waals surface area contributed by atoms with Crippen molar-refractivity contribution in [3.05, 3.63) is 39.3 Å². The smallest absolute Gasteiger partial charge is 0.337 e. The van der Waals surface area contributed by atoms with Crippen molar-refractivity contribution in [3.8, 4) is 0 Å². The van der Waals surface area contributed by atoms with Crippen LogP contribution < -0.4 is 10.2 Å². The zero-order chi connectivity index (χ0) is 24.5. The van der Waals surface area contributed by atoms with E-state index in [4.69, 9.17) is 11.6 Å². The van der Waals surface area contributed by atoms with Gasteiger partial charge in [0, 0.05) is 68.1 Å². The highest BCUT2D eigenvalue weighted by Gasteiger charge is 2.36. The number of nitrogens with zero attached hydrogens (tertiary/aromatic N) is 5. The molecule has 0 aromatic carbocycles. The van der Waals surface area contributed by atoms with Crippen LogP contribution in [0.2, 0.25) is 4.34 Å². The zero-order valence-electron chi connectivity index (χ0n) is 19.1. The molecular formula is C22H28ClF3N6OS. The number of urea groups is 1. The maximum atomic E-state index is 13.1. The zero-order valence-corrected chi connectivity index (χ0v) is 20.6. The van der Waals surface area contributed by atoms with Crippen molar-refractivity contribution in [2.75, 3.05) is 31.1 Å². The first-order chi connectivity index (χ1) is 16.1. The third-order valence-corrected chi connectivity index (χ3v) is 7.54. The molecule has 0 aliphatic carbocycles. The molecule has 12 heteroatoms. The Bertz CT molecular complexity index is 968. The molecule has 0 radical (unpaired) electrons. The molecule has 2 aromatic rings. The topological polar surface area (TPSA) is 64.6 Å². The van der Waals surface area contributed by atoms with Crippen LogP contribution in [0.4, 0.5) is 23.9 Å². The number of thiophene rings is 1. The number of piperidine rings is 1. The molecule has 2 aliphatic rings. The SMILES string of the molecule is C[C@@H]1CN(c2ncc(C(F)(F)F)cn2)C[C@H](C)N1C(=O)NC1CCN(Cc2ccc(Cl)s2)CC1. The van der Waals surface area contributed by atoms with Gasteiger partial charge in [-0.1, -0.05) is 11.6 Å². The van der Waals surface area contributed by atoms with Crippen LogP contribution in [0.5, 0.6) is 0 Å². The van der Waals surface area contributed by atoms with Crippen molar-refractivity contribution in [1.29, 1.82) is 0 Å². The number of hydrogen-bond donors (Lipinski definition) is 1. The summed E-state index contributed by atoms with van der Waals surface area (Å²) < 4.78 is 39.2. The molecule has 0 unspecified atom stereocenters. The summed E-state index contributed by atoms with van der Waals surface area (Å²) in [5.74, 6) is 0.242. The number of anilines is 1. The van der Waals surface area contributed by atoms with Crippen LogP contribution in [0.1, 0.15) is 37.1 Å². The van der Waals surface area contributed by atoms with E-state index in [1.165, 1.54) is 4.88 Å². The number of carbonyl (C=O) groups excluding carboxylic acids is 1. The summed E-state index contributed by atoms with van der Waals surface area (Å²) in [7, 11) is 0. The second kappa shape index (κ2) is 10.2. The number of likely N-dealkylation sites (tertiary alicyclic amines) is 1. The number of aromatic nitrogens is 2. The second-order valence-electron chi connectivity index (χ2n) is 8.99. The summed E-state index contributed by atoms with van der Waals surface area (Å²) in [6, 6.07) is 3.71. The van der Waals surface area contributed by atoms with Crippen LogP contribution in [0.25, 0.3) is 0 Å². The highest BCUT2D eigenvalue weighted by Crippen LogP contribution is 2.29. The highest BCUT2D eigenvalue weighted by atomic mass is 35.5. The standard InChI is InChI=1S/C22H28ClF3N6OS/c1-14-11-31(20-27-9-16(10-28-20)22(24,25)26)12-15(2)32(14)21(33)29-17-5-7-30(8-6-17)13-18-3-4-19(23)34-18/h3-4,9-10,14-15,17H,5-8,11-13H2,1-2H3,(H,29,33)/t14-,15+.